The minimum atomic E-state index is -0.610. The van der Waals surface area contributed by atoms with Gasteiger partial charge in [0.15, 0.2) is 0 Å². The van der Waals surface area contributed by atoms with Gasteiger partial charge in [0.1, 0.15) is 11.6 Å². The quantitative estimate of drug-likeness (QED) is 0.801. The molecule has 0 aliphatic heterocycles. The molecule has 3 nitrogen and oxygen atoms in total. The van der Waals surface area contributed by atoms with Crippen molar-refractivity contribution in [2.75, 3.05) is 13.6 Å². The lowest BCUT2D eigenvalue weighted by molar-refractivity contribution is -0.125. The Bertz CT molecular complexity index is 463. The number of halogens is 2. The Balaban J connectivity index is 2.65. The van der Waals surface area contributed by atoms with Gasteiger partial charge in [-0.05, 0) is 20.0 Å². The van der Waals surface area contributed by atoms with Crippen LogP contribution in [0.25, 0.3) is 0 Å². The largest absolute Gasteiger partial charge is 0.351 e. The fraction of sp³-hybridized carbons (Fsp3) is 0.357. The van der Waals surface area contributed by atoms with Crippen molar-refractivity contribution in [3.8, 4) is 0 Å². The van der Waals surface area contributed by atoms with E-state index in [0.717, 1.165) is 6.07 Å². The number of carbonyl (C=O) groups excluding carboxylic acids is 1. The summed E-state index contributed by atoms with van der Waals surface area (Å²) in [6, 6.07) is 3.01. The van der Waals surface area contributed by atoms with E-state index in [1.807, 2.05) is 0 Å². The normalized spacial score (nSPS) is 12.3. The third-order valence-corrected chi connectivity index (χ3v) is 2.90. The Morgan fingerprint density at radius 1 is 1.53 bits per heavy atom. The minimum Gasteiger partial charge on any atom is -0.351 e. The van der Waals surface area contributed by atoms with Gasteiger partial charge in [0.05, 0.1) is 6.04 Å². The molecular weight excluding hydrogens is 250 g/mol. The molecule has 0 bridgehead atoms. The van der Waals surface area contributed by atoms with E-state index in [2.05, 4.69) is 11.9 Å². The van der Waals surface area contributed by atoms with Gasteiger partial charge < -0.3 is 5.32 Å². The number of hydrogen-bond acceptors (Lipinski definition) is 2. The number of rotatable bonds is 6. The van der Waals surface area contributed by atoms with Gasteiger partial charge in [0.2, 0.25) is 5.91 Å². The molecule has 0 aliphatic carbocycles. The van der Waals surface area contributed by atoms with E-state index in [1.165, 1.54) is 12.1 Å². The van der Waals surface area contributed by atoms with Gasteiger partial charge in [0, 0.05) is 24.7 Å². The van der Waals surface area contributed by atoms with Gasteiger partial charge >= 0.3 is 0 Å². The maximum Gasteiger partial charge on any atom is 0.237 e. The number of hydrogen-bond donors (Lipinski definition) is 1. The average molecular weight is 268 g/mol. The second kappa shape index (κ2) is 6.99. The maximum absolute atomic E-state index is 13.5. The van der Waals surface area contributed by atoms with Crippen LogP contribution in [0.5, 0.6) is 0 Å². The van der Waals surface area contributed by atoms with Gasteiger partial charge in [0.25, 0.3) is 0 Å². The van der Waals surface area contributed by atoms with Gasteiger partial charge in [-0.3, -0.25) is 9.69 Å². The Kier molecular flexibility index (Phi) is 5.63. The fourth-order valence-electron chi connectivity index (χ4n) is 1.58. The van der Waals surface area contributed by atoms with Crippen molar-refractivity contribution in [3.05, 3.63) is 48.1 Å². The highest BCUT2D eigenvalue weighted by Crippen LogP contribution is 2.12. The number of nitrogens with one attached hydrogen (secondary N) is 1. The number of amides is 1. The molecule has 0 saturated heterocycles. The second-order valence-corrected chi connectivity index (χ2v) is 4.36. The maximum atomic E-state index is 13.5. The summed E-state index contributed by atoms with van der Waals surface area (Å²) in [7, 11) is 1.71. The predicted octanol–water partition coefficient (Wildman–Crippen LogP) is 2.09. The summed E-state index contributed by atoms with van der Waals surface area (Å²) in [5.74, 6) is -1.38. The summed E-state index contributed by atoms with van der Waals surface area (Å²) in [4.78, 5) is 13.4. The zero-order valence-electron chi connectivity index (χ0n) is 11.1. The van der Waals surface area contributed by atoms with Crippen molar-refractivity contribution < 1.29 is 13.6 Å². The first-order valence-corrected chi connectivity index (χ1v) is 5.98. The van der Waals surface area contributed by atoms with Crippen LogP contribution in [0.15, 0.2) is 30.9 Å². The van der Waals surface area contributed by atoms with Crippen LogP contribution in [0.2, 0.25) is 0 Å². The Hall–Kier alpha value is -1.75. The van der Waals surface area contributed by atoms with E-state index in [-0.39, 0.29) is 12.5 Å². The van der Waals surface area contributed by atoms with Crippen LogP contribution < -0.4 is 5.32 Å². The molecule has 0 unspecified atom stereocenters. The average Bonchev–Trinajstić information content (AvgIpc) is 2.38. The molecule has 19 heavy (non-hydrogen) atoms. The lowest BCUT2D eigenvalue weighted by atomic mass is 10.1. The van der Waals surface area contributed by atoms with Crippen LogP contribution in [0, 0.1) is 11.6 Å². The van der Waals surface area contributed by atoms with Crippen LogP contribution in [0.1, 0.15) is 12.5 Å². The van der Waals surface area contributed by atoms with Gasteiger partial charge in [-0.1, -0.05) is 12.1 Å². The molecule has 0 spiro atoms. The summed E-state index contributed by atoms with van der Waals surface area (Å²) < 4.78 is 26.3. The Morgan fingerprint density at radius 2 is 2.21 bits per heavy atom. The first-order chi connectivity index (χ1) is 8.95. The highest BCUT2D eigenvalue weighted by Gasteiger charge is 2.18. The van der Waals surface area contributed by atoms with Crippen molar-refractivity contribution in [2.24, 2.45) is 0 Å². The summed E-state index contributed by atoms with van der Waals surface area (Å²) in [6.45, 7) is 5.85. The van der Waals surface area contributed by atoms with Crippen LogP contribution in [0.3, 0.4) is 0 Å². The molecule has 104 valence electrons. The van der Waals surface area contributed by atoms with Crippen LogP contribution >= 0.6 is 0 Å². The molecule has 0 aromatic heterocycles. The van der Waals surface area contributed by atoms with Crippen molar-refractivity contribution in [1.29, 1.82) is 0 Å². The van der Waals surface area contributed by atoms with E-state index < -0.39 is 17.7 Å². The molecule has 0 heterocycles. The molecule has 0 saturated carbocycles. The lowest BCUT2D eigenvalue weighted by Gasteiger charge is -2.23. The zero-order valence-corrected chi connectivity index (χ0v) is 11.1. The first-order valence-electron chi connectivity index (χ1n) is 5.98. The number of benzene rings is 1. The summed E-state index contributed by atoms with van der Waals surface area (Å²) in [5, 5.41) is 2.67. The summed E-state index contributed by atoms with van der Waals surface area (Å²) in [6.07, 6.45) is 1.59. The van der Waals surface area contributed by atoms with E-state index in [0.29, 0.717) is 12.1 Å². The zero-order chi connectivity index (χ0) is 14.4. The molecule has 0 fully saturated rings. The molecule has 1 rings (SSSR count). The van der Waals surface area contributed by atoms with Crippen molar-refractivity contribution in [1.82, 2.24) is 10.2 Å². The summed E-state index contributed by atoms with van der Waals surface area (Å²) in [5.41, 5.74) is 0.354. The van der Waals surface area contributed by atoms with Crippen LogP contribution in [-0.4, -0.2) is 30.4 Å². The molecule has 0 aliphatic rings. The molecule has 1 N–H and O–H groups in total. The predicted molar refractivity (Wildman–Crippen MR) is 70.5 cm³/mol. The number of carbonyl (C=O) groups is 1. The van der Waals surface area contributed by atoms with Gasteiger partial charge in [-0.25, -0.2) is 8.78 Å². The molecule has 1 amide bonds. The van der Waals surface area contributed by atoms with Gasteiger partial charge in [-0.2, -0.15) is 0 Å². The number of likely N-dealkylation sites (N-methyl/N-ethyl adjacent to an activating group) is 1. The topological polar surface area (TPSA) is 32.3 Å². The van der Waals surface area contributed by atoms with E-state index in [1.54, 1.807) is 24.9 Å². The standard InChI is InChI=1S/C14H18F2N2O/c1-4-7-17-14(19)10(2)18(3)9-11-5-6-12(15)8-13(11)16/h4-6,8,10H,1,7,9H2,2-3H3,(H,17,19)/t10-/m0/s1. The van der Waals surface area contributed by atoms with Crippen LogP contribution in [-0.2, 0) is 11.3 Å². The molecule has 0 radical (unpaired) electrons. The monoisotopic (exact) mass is 268 g/mol. The number of nitrogens with zero attached hydrogens (tertiary/aromatic N) is 1. The molecule has 1 aromatic carbocycles. The molecule has 5 heteroatoms. The smallest absolute Gasteiger partial charge is 0.237 e. The van der Waals surface area contributed by atoms with Gasteiger partial charge in [-0.15, -0.1) is 6.58 Å². The molecule has 1 aromatic rings. The summed E-state index contributed by atoms with van der Waals surface area (Å²) >= 11 is 0. The van der Waals surface area contributed by atoms with Crippen LogP contribution in [0.4, 0.5) is 8.78 Å². The molecule has 1 atom stereocenters. The third kappa shape index (κ3) is 4.44. The fourth-order valence-corrected chi connectivity index (χ4v) is 1.58. The Labute approximate surface area is 111 Å². The van der Waals surface area contributed by atoms with Crippen molar-refractivity contribution >= 4 is 5.91 Å². The Morgan fingerprint density at radius 3 is 2.79 bits per heavy atom. The highest BCUT2D eigenvalue weighted by atomic mass is 19.1. The van der Waals surface area contributed by atoms with E-state index >= 15 is 0 Å². The SMILES string of the molecule is C=CCNC(=O)[C@H](C)N(C)Cc1ccc(F)cc1F. The second-order valence-electron chi connectivity index (χ2n) is 4.36. The molecular formula is C14H18F2N2O. The van der Waals surface area contributed by atoms with Crippen molar-refractivity contribution in [3.63, 3.8) is 0 Å². The minimum absolute atomic E-state index is 0.162. The van der Waals surface area contributed by atoms with E-state index in [9.17, 15) is 13.6 Å². The third-order valence-electron chi connectivity index (χ3n) is 2.90. The first kappa shape index (κ1) is 15.3. The van der Waals surface area contributed by atoms with E-state index in [4.69, 9.17) is 0 Å². The highest BCUT2D eigenvalue weighted by molar-refractivity contribution is 5.81. The lowest BCUT2D eigenvalue weighted by Crippen LogP contribution is -2.43. The van der Waals surface area contributed by atoms with Crippen molar-refractivity contribution in [2.45, 2.75) is 19.5 Å².